The van der Waals surface area contributed by atoms with Crippen molar-refractivity contribution in [2.45, 2.75) is 37.6 Å². The molecule has 0 spiro atoms. The Morgan fingerprint density at radius 1 is 0.962 bits per heavy atom. The van der Waals surface area contributed by atoms with Gasteiger partial charge in [0.2, 0.25) is 0 Å². The fourth-order valence-corrected chi connectivity index (χ4v) is 4.08. The molecule has 0 unspecified atom stereocenters. The number of nitrogens with zero attached hydrogens (tertiary/aromatic N) is 2. The van der Waals surface area contributed by atoms with Gasteiger partial charge in [-0.05, 0) is 62.6 Å². The first kappa shape index (κ1) is 17.3. The van der Waals surface area contributed by atoms with Crippen LogP contribution in [0.3, 0.4) is 0 Å². The van der Waals surface area contributed by atoms with Gasteiger partial charge in [-0.3, -0.25) is 10.1 Å². The fourth-order valence-electron chi connectivity index (χ4n) is 3.95. The average Bonchev–Trinajstić information content (AvgIpc) is 3.14. The number of hydrogen-bond acceptors (Lipinski definition) is 3. The molecular formula is C21H23ClN4. The predicted molar refractivity (Wildman–Crippen MR) is 106 cm³/mol. The van der Waals surface area contributed by atoms with Crippen molar-refractivity contribution in [1.82, 2.24) is 20.5 Å². The van der Waals surface area contributed by atoms with Gasteiger partial charge in [0.1, 0.15) is 5.69 Å². The number of aromatic nitrogens is 3. The van der Waals surface area contributed by atoms with E-state index in [1.54, 1.807) is 0 Å². The van der Waals surface area contributed by atoms with Crippen molar-refractivity contribution in [3.05, 3.63) is 59.5 Å². The van der Waals surface area contributed by atoms with Crippen LogP contribution in [-0.2, 0) is 0 Å². The maximum atomic E-state index is 6.07. The van der Waals surface area contributed by atoms with E-state index < -0.39 is 0 Å². The van der Waals surface area contributed by atoms with Crippen molar-refractivity contribution in [3.63, 3.8) is 0 Å². The van der Waals surface area contributed by atoms with Crippen LogP contribution in [0.15, 0.2) is 48.8 Å². The van der Waals surface area contributed by atoms with Crippen molar-refractivity contribution in [3.8, 4) is 22.4 Å². The molecule has 2 N–H and O–H groups in total. The molecule has 4 rings (SSSR count). The molecule has 0 bridgehead atoms. The van der Waals surface area contributed by atoms with Crippen molar-refractivity contribution in [2.75, 3.05) is 7.05 Å². The number of pyridine rings is 1. The lowest BCUT2D eigenvalue weighted by atomic mass is 9.81. The van der Waals surface area contributed by atoms with Crippen LogP contribution in [0.5, 0.6) is 0 Å². The molecule has 1 aromatic carbocycles. The summed E-state index contributed by atoms with van der Waals surface area (Å²) >= 11 is 6.07. The van der Waals surface area contributed by atoms with Crippen LogP contribution in [0.25, 0.3) is 22.4 Å². The minimum absolute atomic E-state index is 0.510. The number of halogens is 1. The van der Waals surface area contributed by atoms with Crippen LogP contribution in [0, 0.1) is 0 Å². The van der Waals surface area contributed by atoms with Gasteiger partial charge in [-0.1, -0.05) is 23.7 Å². The molecule has 5 heteroatoms. The van der Waals surface area contributed by atoms with Gasteiger partial charge in [-0.15, -0.1) is 0 Å². The Balaban J connectivity index is 1.76. The molecule has 3 aromatic rings. The summed E-state index contributed by atoms with van der Waals surface area (Å²) in [4.78, 5) is 4.18. The molecule has 0 atom stereocenters. The van der Waals surface area contributed by atoms with Crippen molar-refractivity contribution >= 4 is 11.6 Å². The number of hydrogen-bond donors (Lipinski definition) is 2. The van der Waals surface area contributed by atoms with Gasteiger partial charge in [0.25, 0.3) is 0 Å². The van der Waals surface area contributed by atoms with E-state index in [1.807, 2.05) is 36.7 Å². The molecular weight excluding hydrogens is 344 g/mol. The number of H-pyrrole nitrogens is 1. The molecule has 26 heavy (non-hydrogen) atoms. The van der Waals surface area contributed by atoms with Gasteiger partial charge >= 0.3 is 0 Å². The zero-order chi connectivity index (χ0) is 17.9. The highest BCUT2D eigenvalue weighted by atomic mass is 35.5. The summed E-state index contributed by atoms with van der Waals surface area (Å²) in [7, 11) is 2.06. The van der Waals surface area contributed by atoms with Crippen LogP contribution < -0.4 is 5.32 Å². The maximum Gasteiger partial charge on any atom is 0.100 e. The monoisotopic (exact) mass is 366 g/mol. The van der Waals surface area contributed by atoms with Crippen molar-refractivity contribution in [1.29, 1.82) is 0 Å². The number of aromatic amines is 1. The number of rotatable bonds is 4. The van der Waals surface area contributed by atoms with E-state index in [-0.39, 0.29) is 0 Å². The minimum Gasteiger partial charge on any atom is -0.317 e. The zero-order valence-corrected chi connectivity index (χ0v) is 15.6. The second kappa shape index (κ2) is 7.60. The third-order valence-electron chi connectivity index (χ3n) is 5.42. The lowest BCUT2D eigenvalue weighted by Crippen LogP contribution is -2.29. The Morgan fingerprint density at radius 3 is 2.31 bits per heavy atom. The van der Waals surface area contributed by atoms with Gasteiger partial charge in [-0.2, -0.15) is 5.10 Å². The highest BCUT2D eigenvalue weighted by Crippen LogP contribution is 2.41. The summed E-state index contributed by atoms with van der Waals surface area (Å²) in [5.41, 5.74) is 5.66. The summed E-state index contributed by atoms with van der Waals surface area (Å²) in [6.45, 7) is 0. The van der Waals surface area contributed by atoms with E-state index in [4.69, 9.17) is 16.7 Å². The van der Waals surface area contributed by atoms with E-state index >= 15 is 0 Å². The minimum atomic E-state index is 0.510. The molecule has 4 nitrogen and oxygen atoms in total. The summed E-state index contributed by atoms with van der Waals surface area (Å²) in [6, 6.07) is 12.7. The van der Waals surface area contributed by atoms with E-state index in [2.05, 4.69) is 34.6 Å². The SMILES string of the molecule is CNC1CCC(c2[nH]nc(-c3ccc(Cl)cc3)c2-c2ccncc2)CC1. The van der Waals surface area contributed by atoms with Gasteiger partial charge in [0.05, 0.1) is 0 Å². The molecule has 1 aliphatic rings. The Hall–Kier alpha value is -2.17. The van der Waals surface area contributed by atoms with E-state index in [9.17, 15) is 0 Å². The number of benzene rings is 1. The zero-order valence-electron chi connectivity index (χ0n) is 14.9. The first-order chi connectivity index (χ1) is 12.8. The summed E-state index contributed by atoms with van der Waals surface area (Å²) in [5, 5.41) is 12.2. The first-order valence-electron chi connectivity index (χ1n) is 9.18. The number of nitrogens with one attached hydrogen (secondary N) is 2. The average molecular weight is 367 g/mol. The molecule has 134 valence electrons. The molecule has 0 saturated heterocycles. The van der Waals surface area contributed by atoms with Gasteiger partial charge in [0.15, 0.2) is 0 Å². The standard InChI is InChI=1S/C21H23ClN4/c1-23-18-8-4-16(5-9-18)21-19(14-10-12-24-13-11-14)20(25-26-21)15-2-6-17(22)7-3-15/h2-3,6-7,10-13,16,18,23H,4-5,8-9H2,1H3,(H,25,26). The van der Waals surface area contributed by atoms with E-state index in [0.29, 0.717) is 12.0 Å². The molecule has 2 aromatic heterocycles. The molecule has 0 amide bonds. The Labute approximate surface area is 159 Å². The lowest BCUT2D eigenvalue weighted by Gasteiger charge is -2.28. The second-order valence-electron chi connectivity index (χ2n) is 6.94. The van der Waals surface area contributed by atoms with Crippen LogP contribution in [0.2, 0.25) is 5.02 Å². The third-order valence-corrected chi connectivity index (χ3v) is 5.68. The molecule has 1 saturated carbocycles. The quantitative estimate of drug-likeness (QED) is 0.680. The van der Waals surface area contributed by atoms with Crippen LogP contribution in [-0.4, -0.2) is 28.3 Å². The van der Waals surface area contributed by atoms with E-state index in [0.717, 1.165) is 21.8 Å². The predicted octanol–water partition coefficient (Wildman–Crippen LogP) is 5.04. The van der Waals surface area contributed by atoms with Crippen LogP contribution in [0.1, 0.15) is 37.3 Å². The second-order valence-corrected chi connectivity index (χ2v) is 7.38. The fraction of sp³-hybridized carbons (Fsp3) is 0.333. The highest BCUT2D eigenvalue weighted by Gasteiger charge is 2.27. The molecule has 1 aliphatic carbocycles. The summed E-state index contributed by atoms with van der Waals surface area (Å²) in [5.74, 6) is 0.510. The van der Waals surface area contributed by atoms with Crippen molar-refractivity contribution in [2.24, 2.45) is 0 Å². The molecule has 1 fully saturated rings. The van der Waals surface area contributed by atoms with Crippen LogP contribution >= 0.6 is 11.6 Å². The maximum absolute atomic E-state index is 6.07. The highest BCUT2D eigenvalue weighted by molar-refractivity contribution is 6.30. The molecule has 0 radical (unpaired) electrons. The third kappa shape index (κ3) is 3.39. The van der Waals surface area contributed by atoms with Gasteiger partial charge in [0, 0.05) is 46.2 Å². The summed E-state index contributed by atoms with van der Waals surface area (Å²) < 4.78 is 0. The van der Waals surface area contributed by atoms with Crippen LogP contribution in [0.4, 0.5) is 0 Å². The summed E-state index contributed by atoms with van der Waals surface area (Å²) in [6.07, 6.45) is 8.43. The largest absolute Gasteiger partial charge is 0.317 e. The van der Waals surface area contributed by atoms with Gasteiger partial charge < -0.3 is 5.32 Å². The van der Waals surface area contributed by atoms with Crippen molar-refractivity contribution < 1.29 is 0 Å². The Bertz CT molecular complexity index is 849. The van der Waals surface area contributed by atoms with E-state index in [1.165, 1.54) is 36.9 Å². The first-order valence-corrected chi connectivity index (χ1v) is 9.56. The topological polar surface area (TPSA) is 53.6 Å². The molecule has 2 heterocycles. The van der Waals surface area contributed by atoms with Gasteiger partial charge in [-0.25, -0.2) is 0 Å². The smallest absolute Gasteiger partial charge is 0.100 e. The Morgan fingerprint density at radius 2 is 1.65 bits per heavy atom. The lowest BCUT2D eigenvalue weighted by molar-refractivity contribution is 0.355. The molecule has 0 aliphatic heterocycles. The Kier molecular flexibility index (Phi) is 5.05. The normalized spacial score (nSPS) is 20.2.